The Hall–Kier alpha value is -0.570. The Kier molecular flexibility index (Phi) is 4.99. The van der Waals surface area contributed by atoms with Crippen LogP contribution in [0.5, 0.6) is 0 Å². The Morgan fingerprint density at radius 3 is 2.41 bits per heavy atom. The van der Waals surface area contributed by atoms with Gasteiger partial charge in [-0.1, -0.05) is 13.8 Å². The van der Waals surface area contributed by atoms with Crippen LogP contribution in [0.3, 0.4) is 0 Å². The van der Waals surface area contributed by atoms with Crippen LogP contribution >= 0.6 is 0 Å². The molecule has 1 aliphatic rings. The Bertz CT molecular complexity index is 257. The SMILES string of the molecule is CC(C)CC(CN)CC(=O)NC(C)(C)C1CC1. The smallest absolute Gasteiger partial charge is 0.220 e. The predicted molar refractivity (Wildman–Crippen MR) is 71.6 cm³/mol. The fourth-order valence-corrected chi connectivity index (χ4v) is 2.51. The van der Waals surface area contributed by atoms with Gasteiger partial charge in [-0.2, -0.15) is 0 Å². The van der Waals surface area contributed by atoms with Crippen LogP contribution in [0.25, 0.3) is 0 Å². The van der Waals surface area contributed by atoms with E-state index in [-0.39, 0.29) is 11.4 Å². The molecule has 1 saturated carbocycles. The van der Waals surface area contributed by atoms with E-state index in [0.717, 1.165) is 6.42 Å². The van der Waals surface area contributed by atoms with E-state index in [1.54, 1.807) is 0 Å². The molecular formula is C14H28N2O. The molecule has 3 heteroatoms. The summed E-state index contributed by atoms with van der Waals surface area (Å²) < 4.78 is 0. The van der Waals surface area contributed by atoms with Crippen molar-refractivity contribution in [2.45, 2.75) is 58.9 Å². The van der Waals surface area contributed by atoms with Crippen LogP contribution in [0, 0.1) is 17.8 Å². The molecule has 1 rings (SSSR count). The van der Waals surface area contributed by atoms with Gasteiger partial charge in [-0.3, -0.25) is 4.79 Å². The van der Waals surface area contributed by atoms with Crippen molar-refractivity contribution in [3.8, 4) is 0 Å². The molecule has 1 unspecified atom stereocenters. The minimum absolute atomic E-state index is 0.0337. The summed E-state index contributed by atoms with van der Waals surface area (Å²) >= 11 is 0. The zero-order valence-electron chi connectivity index (χ0n) is 11.8. The summed E-state index contributed by atoms with van der Waals surface area (Å²) in [6.07, 6.45) is 4.11. The quantitative estimate of drug-likeness (QED) is 0.717. The first-order valence-corrected chi connectivity index (χ1v) is 6.86. The highest BCUT2D eigenvalue weighted by Gasteiger charge is 2.38. The van der Waals surface area contributed by atoms with Gasteiger partial charge >= 0.3 is 0 Å². The van der Waals surface area contributed by atoms with E-state index < -0.39 is 0 Å². The zero-order valence-corrected chi connectivity index (χ0v) is 11.8. The molecule has 1 atom stereocenters. The molecule has 1 fully saturated rings. The van der Waals surface area contributed by atoms with Gasteiger partial charge in [0.25, 0.3) is 0 Å². The maximum absolute atomic E-state index is 12.0. The number of nitrogens with one attached hydrogen (secondary N) is 1. The van der Waals surface area contributed by atoms with Crippen LogP contribution in [0.4, 0.5) is 0 Å². The normalized spacial score (nSPS) is 18.2. The van der Waals surface area contributed by atoms with Gasteiger partial charge in [-0.15, -0.1) is 0 Å². The second-order valence-corrected chi connectivity index (χ2v) is 6.48. The molecule has 100 valence electrons. The Morgan fingerprint density at radius 1 is 1.41 bits per heavy atom. The molecule has 0 spiro atoms. The molecule has 0 aromatic rings. The van der Waals surface area contributed by atoms with E-state index >= 15 is 0 Å². The Morgan fingerprint density at radius 2 is 2.00 bits per heavy atom. The molecule has 0 bridgehead atoms. The molecular weight excluding hydrogens is 212 g/mol. The average molecular weight is 240 g/mol. The summed E-state index contributed by atoms with van der Waals surface area (Å²) in [5, 5.41) is 3.16. The topological polar surface area (TPSA) is 55.1 Å². The van der Waals surface area contributed by atoms with E-state index in [9.17, 15) is 4.79 Å². The van der Waals surface area contributed by atoms with Crippen LogP contribution in [-0.2, 0) is 4.79 Å². The Labute approximate surface area is 106 Å². The van der Waals surface area contributed by atoms with Gasteiger partial charge in [0.2, 0.25) is 5.91 Å². The molecule has 0 heterocycles. The van der Waals surface area contributed by atoms with Gasteiger partial charge in [-0.25, -0.2) is 0 Å². The highest BCUT2D eigenvalue weighted by molar-refractivity contribution is 5.77. The highest BCUT2D eigenvalue weighted by Crippen LogP contribution is 2.39. The van der Waals surface area contributed by atoms with Gasteiger partial charge in [0.15, 0.2) is 0 Å². The van der Waals surface area contributed by atoms with Gasteiger partial charge in [0, 0.05) is 12.0 Å². The maximum atomic E-state index is 12.0. The fourth-order valence-electron chi connectivity index (χ4n) is 2.51. The first kappa shape index (κ1) is 14.5. The van der Waals surface area contributed by atoms with E-state index in [0.29, 0.717) is 30.7 Å². The lowest BCUT2D eigenvalue weighted by molar-refractivity contribution is -0.123. The molecule has 0 aliphatic heterocycles. The lowest BCUT2D eigenvalue weighted by atomic mass is 9.92. The molecule has 0 saturated heterocycles. The van der Waals surface area contributed by atoms with Crippen molar-refractivity contribution in [3.05, 3.63) is 0 Å². The van der Waals surface area contributed by atoms with E-state index in [1.807, 2.05) is 0 Å². The minimum atomic E-state index is -0.0337. The second-order valence-electron chi connectivity index (χ2n) is 6.48. The zero-order chi connectivity index (χ0) is 13.1. The number of carbonyl (C=O) groups is 1. The van der Waals surface area contributed by atoms with Crippen molar-refractivity contribution in [2.75, 3.05) is 6.54 Å². The van der Waals surface area contributed by atoms with Gasteiger partial charge in [0.05, 0.1) is 0 Å². The van der Waals surface area contributed by atoms with E-state index in [1.165, 1.54) is 12.8 Å². The number of amides is 1. The van der Waals surface area contributed by atoms with Crippen molar-refractivity contribution in [1.29, 1.82) is 0 Å². The predicted octanol–water partition coefficient (Wildman–Crippen LogP) is 2.30. The van der Waals surface area contributed by atoms with Crippen LogP contribution < -0.4 is 11.1 Å². The molecule has 3 N–H and O–H groups in total. The molecule has 0 radical (unpaired) electrons. The van der Waals surface area contributed by atoms with Crippen molar-refractivity contribution in [1.82, 2.24) is 5.32 Å². The summed E-state index contributed by atoms with van der Waals surface area (Å²) in [5.74, 6) is 1.77. The second kappa shape index (κ2) is 5.85. The third-order valence-electron chi connectivity index (χ3n) is 3.67. The molecule has 1 amide bonds. The van der Waals surface area contributed by atoms with Crippen molar-refractivity contribution in [2.24, 2.45) is 23.5 Å². The van der Waals surface area contributed by atoms with Crippen molar-refractivity contribution >= 4 is 5.91 Å². The first-order chi connectivity index (χ1) is 7.85. The van der Waals surface area contributed by atoms with Gasteiger partial charge in [-0.05, 0) is 57.4 Å². The van der Waals surface area contributed by atoms with Gasteiger partial charge < -0.3 is 11.1 Å². The molecule has 0 aromatic heterocycles. The first-order valence-electron chi connectivity index (χ1n) is 6.86. The molecule has 1 aliphatic carbocycles. The monoisotopic (exact) mass is 240 g/mol. The maximum Gasteiger partial charge on any atom is 0.220 e. The number of nitrogens with two attached hydrogens (primary N) is 1. The third-order valence-corrected chi connectivity index (χ3v) is 3.67. The number of hydrogen-bond donors (Lipinski definition) is 2. The number of hydrogen-bond acceptors (Lipinski definition) is 2. The molecule has 3 nitrogen and oxygen atoms in total. The molecule has 17 heavy (non-hydrogen) atoms. The largest absolute Gasteiger partial charge is 0.351 e. The minimum Gasteiger partial charge on any atom is -0.351 e. The summed E-state index contributed by atoms with van der Waals surface area (Å²) in [6.45, 7) is 9.21. The third kappa shape index (κ3) is 5.07. The fraction of sp³-hybridized carbons (Fsp3) is 0.929. The summed E-state index contributed by atoms with van der Waals surface area (Å²) in [6, 6.07) is 0. The lowest BCUT2D eigenvalue weighted by Crippen LogP contribution is -2.46. The summed E-state index contributed by atoms with van der Waals surface area (Å²) in [7, 11) is 0. The van der Waals surface area contributed by atoms with Crippen molar-refractivity contribution in [3.63, 3.8) is 0 Å². The van der Waals surface area contributed by atoms with Crippen LogP contribution in [0.2, 0.25) is 0 Å². The van der Waals surface area contributed by atoms with Crippen molar-refractivity contribution < 1.29 is 4.79 Å². The van der Waals surface area contributed by atoms with E-state index in [4.69, 9.17) is 5.73 Å². The Balaban J connectivity index is 2.36. The van der Waals surface area contributed by atoms with Crippen LogP contribution in [0.15, 0.2) is 0 Å². The summed E-state index contributed by atoms with van der Waals surface area (Å²) in [4.78, 5) is 12.0. The lowest BCUT2D eigenvalue weighted by Gasteiger charge is -2.27. The standard InChI is InChI=1S/C14H28N2O/c1-10(2)7-11(9-15)8-13(17)16-14(3,4)12-5-6-12/h10-12H,5-9,15H2,1-4H3,(H,16,17). The summed E-state index contributed by atoms with van der Waals surface area (Å²) in [5.41, 5.74) is 5.69. The number of carbonyl (C=O) groups excluding carboxylic acids is 1. The van der Waals surface area contributed by atoms with E-state index in [2.05, 4.69) is 33.0 Å². The van der Waals surface area contributed by atoms with Gasteiger partial charge in [0.1, 0.15) is 0 Å². The van der Waals surface area contributed by atoms with Crippen LogP contribution in [0.1, 0.15) is 53.4 Å². The number of rotatable bonds is 7. The highest BCUT2D eigenvalue weighted by atomic mass is 16.1. The average Bonchev–Trinajstić information content (AvgIpc) is 2.97. The molecule has 0 aromatic carbocycles. The van der Waals surface area contributed by atoms with Crippen LogP contribution in [-0.4, -0.2) is 18.0 Å².